The molecule has 4 nitrogen and oxygen atoms in total. The predicted molar refractivity (Wildman–Crippen MR) is 81.8 cm³/mol. The Kier molecular flexibility index (Phi) is 4.70. The Bertz CT molecular complexity index is 516. The molecule has 0 saturated carbocycles. The topological polar surface area (TPSA) is 58.2 Å². The second kappa shape index (κ2) is 6.31. The van der Waals surface area contributed by atoms with Gasteiger partial charge in [0, 0.05) is 17.4 Å². The minimum Gasteiger partial charge on any atom is -0.353 e. The first-order chi connectivity index (χ1) is 9.47. The van der Waals surface area contributed by atoms with Gasteiger partial charge in [-0.05, 0) is 25.0 Å². The van der Waals surface area contributed by atoms with Crippen LogP contribution >= 0.6 is 11.8 Å². The Morgan fingerprint density at radius 2 is 2.05 bits per heavy atom. The summed E-state index contributed by atoms with van der Waals surface area (Å²) in [5.74, 6) is 0.215. The first-order valence-electron chi connectivity index (χ1n) is 6.83. The molecule has 1 aromatic rings. The Labute approximate surface area is 123 Å². The molecule has 2 rings (SSSR count). The highest BCUT2D eigenvalue weighted by Crippen LogP contribution is 2.36. The Morgan fingerprint density at radius 1 is 1.35 bits per heavy atom. The maximum absolute atomic E-state index is 12.0. The van der Waals surface area contributed by atoms with Crippen LogP contribution in [0.3, 0.4) is 0 Å². The number of carbonyl (C=O) groups excluding carboxylic acids is 2. The van der Waals surface area contributed by atoms with Crippen molar-refractivity contribution >= 4 is 29.3 Å². The predicted octanol–water partition coefficient (Wildman–Crippen LogP) is 2.65. The van der Waals surface area contributed by atoms with Gasteiger partial charge in [0.25, 0.3) is 0 Å². The van der Waals surface area contributed by atoms with Crippen LogP contribution in [0.4, 0.5) is 5.69 Å². The van der Waals surface area contributed by atoms with Crippen LogP contribution in [-0.2, 0) is 9.59 Å². The highest BCUT2D eigenvalue weighted by Gasteiger charge is 2.29. The first-order valence-corrected chi connectivity index (χ1v) is 7.71. The number of benzene rings is 1. The lowest BCUT2D eigenvalue weighted by molar-refractivity contribution is -0.124. The molecule has 108 valence electrons. The summed E-state index contributed by atoms with van der Waals surface area (Å²) >= 11 is 1.46. The summed E-state index contributed by atoms with van der Waals surface area (Å²) in [5, 5.41) is 5.43. The Balaban J connectivity index is 1.97. The van der Waals surface area contributed by atoms with Gasteiger partial charge in [-0.3, -0.25) is 9.59 Å². The fraction of sp³-hybridized carbons (Fsp3) is 0.467. The molecule has 20 heavy (non-hydrogen) atoms. The molecule has 1 aliphatic heterocycles. The number of anilines is 1. The highest BCUT2D eigenvalue weighted by molar-refractivity contribution is 8.01. The van der Waals surface area contributed by atoms with Crippen LogP contribution in [0, 0.1) is 5.92 Å². The van der Waals surface area contributed by atoms with Crippen LogP contribution in [-0.4, -0.2) is 23.1 Å². The van der Waals surface area contributed by atoms with Crippen molar-refractivity contribution in [3.63, 3.8) is 0 Å². The second-order valence-electron chi connectivity index (χ2n) is 5.40. The largest absolute Gasteiger partial charge is 0.353 e. The minimum atomic E-state index is -0.357. The number of nitrogens with one attached hydrogen (secondary N) is 2. The van der Waals surface area contributed by atoms with Crippen LogP contribution in [0.5, 0.6) is 0 Å². The van der Waals surface area contributed by atoms with Crippen LogP contribution in [0.15, 0.2) is 29.2 Å². The number of hydrogen-bond donors (Lipinski definition) is 2. The molecule has 0 aromatic heterocycles. The maximum Gasteiger partial charge on any atom is 0.238 e. The van der Waals surface area contributed by atoms with E-state index in [1.807, 2.05) is 31.2 Å². The number of para-hydroxylation sites is 1. The lowest BCUT2D eigenvalue weighted by Crippen LogP contribution is -2.40. The van der Waals surface area contributed by atoms with Crippen LogP contribution in [0.2, 0.25) is 0 Å². The number of amides is 2. The third kappa shape index (κ3) is 3.54. The van der Waals surface area contributed by atoms with Gasteiger partial charge in [0.2, 0.25) is 11.8 Å². The second-order valence-corrected chi connectivity index (χ2v) is 6.64. The van der Waals surface area contributed by atoms with Gasteiger partial charge >= 0.3 is 0 Å². The van der Waals surface area contributed by atoms with Gasteiger partial charge in [-0.1, -0.05) is 26.0 Å². The zero-order valence-corrected chi connectivity index (χ0v) is 12.8. The summed E-state index contributed by atoms with van der Waals surface area (Å²) < 4.78 is 0. The molecular formula is C15H20N2O2S. The van der Waals surface area contributed by atoms with E-state index in [4.69, 9.17) is 0 Å². The van der Waals surface area contributed by atoms with Crippen molar-refractivity contribution in [2.45, 2.75) is 43.4 Å². The van der Waals surface area contributed by atoms with Crippen molar-refractivity contribution in [1.82, 2.24) is 5.32 Å². The molecule has 5 heteroatoms. The molecule has 0 bridgehead atoms. The SMILES string of the molecule is CC(C)[C@H](C)NC(=O)C[C@@H]1Sc2ccccc2NC1=O. The normalized spacial score (nSPS) is 19.2. The van der Waals surface area contributed by atoms with Crippen LogP contribution < -0.4 is 10.6 Å². The summed E-state index contributed by atoms with van der Waals surface area (Å²) in [4.78, 5) is 25.0. The molecule has 1 aromatic carbocycles. The molecule has 2 N–H and O–H groups in total. The number of rotatable bonds is 4. The zero-order chi connectivity index (χ0) is 14.7. The van der Waals surface area contributed by atoms with Crippen molar-refractivity contribution in [1.29, 1.82) is 0 Å². The fourth-order valence-corrected chi connectivity index (χ4v) is 2.99. The summed E-state index contributed by atoms with van der Waals surface area (Å²) in [6.45, 7) is 6.10. The molecule has 0 radical (unpaired) electrons. The van der Waals surface area contributed by atoms with E-state index in [9.17, 15) is 9.59 Å². The smallest absolute Gasteiger partial charge is 0.238 e. The Morgan fingerprint density at radius 3 is 2.75 bits per heavy atom. The molecule has 1 aliphatic rings. The van der Waals surface area contributed by atoms with Gasteiger partial charge in [0.05, 0.1) is 10.9 Å². The first kappa shape index (κ1) is 14.9. The van der Waals surface area contributed by atoms with E-state index in [0.29, 0.717) is 5.92 Å². The van der Waals surface area contributed by atoms with E-state index in [2.05, 4.69) is 24.5 Å². The Hall–Kier alpha value is -1.49. The number of fused-ring (bicyclic) bond motifs is 1. The minimum absolute atomic E-state index is 0.0711. The molecule has 1 heterocycles. The van der Waals surface area contributed by atoms with Gasteiger partial charge in [-0.15, -0.1) is 11.8 Å². The molecular weight excluding hydrogens is 272 g/mol. The molecule has 0 spiro atoms. The molecule has 2 atom stereocenters. The standard InChI is InChI=1S/C15H20N2O2S/c1-9(2)10(3)16-14(18)8-13-15(19)17-11-6-4-5-7-12(11)20-13/h4-7,9-10,13H,8H2,1-3H3,(H,16,18)(H,17,19)/t10-,13-/m0/s1. The number of hydrogen-bond acceptors (Lipinski definition) is 3. The number of carbonyl (C=O) groups is 2. The molecule has 0 saturated heterocycles. The van der Waals surface area contributed by atoms with Gasteiger partial charge in [-0.2, -0.15) is 0 Å². The summed E-state index contributed by atoms with van der Waals surface area (Å²) in [7, 11) is 0. The van der Waals surface area contributed by atoms with E-state index in [1.54, 1.807) is 0 Å². The van der Waals surface area contributed by atoms with Crippen molar-refractivity contribution in [3.8, 4) is 0 Å². The molecule has 0 fully saturated rings. The van der Waals surface area contributed by atoms with Crippen molar-refractivity contribution in [2.24, 2.45) is 5.92 Å². The summed E-state index contributed by atoms with van der Waals surface area (Å²) in [5.41, 5.74) is 0.828. The lowest BCUT2D eigenvalue weighted by Gasteiger charge is -2.24. The van der Waals surface area contributed by atoms with Gasteiger partial charge < -0.3 is 10.6 Å². The fourth-order valence-electron chi connectivity index (χ4n) is 1.87. The van der Waals surface area contributed by atoms with Gasteiger partial charge in [0.15, 0.2) is 0 Å². The van der Waals surface area contributed by atoms with Crippen molar-refractivity contribution < 1.29 is 9.59 Å². The quantitative estimate of drug-likeness (QED) is 0.897. The third-order valence-electron chi connectivity index (χ3n) is 3.47. The van der Waals surface area contributed by atoms with Gasteiger partial charge in [-0.25, -0.2) is 0 Å². The van der Waals surface area contributed by atoms with E-state index >= 15 is 0 Å². The maximum atomic E-state index is 12.0. The van der Waals surface area contributed by atoms with E-state index < -0.39 is 0 Å². The summed E-state index contributed by atoms with van der Waals surface area (Å²) in [6, 6.07) is 7.77. The van der Waals surface area contributed by atoms with Crippen molar-refractivity contribution in [2.75, 3.05) is 5.32 Å². The van der Waals surface area contributed by atoms with E-state index in [-0.39, 0.29) is 29.5 Å². The molecule has 0 unspecified atom stereocenters. The van der Waals surface area contributed by atoms with E-state index in [0.717, 1.165) is 10.6 Å². The van der Waals surface area contributed by atoms with E-state index in [1.165, 1.54) is 11.8 Å². The average molecular weight is 292 g/mol. The van der Waals surface area contributed by atoms with Gasteiger partial charge in [0.1, 0.15) is 0 Å². The average Bonchev–Trinajstić information content (AvgIpc) is 2.39. The third-order valence-corrected chi connectivity index (χ3v) is 4.74. The summed E-state index contributed by atoms with van der Waals surface area (Å²) in [6.07, 6.45) is 0.210. The molecule has 2 amide bonds. The van der Waals surface area contributed by atoms with Crippen LogP contribution in [0.1, 0.15) is 27.2 Å². The molecule has 0 aliphatic carbocycles. The lowest BCUT2D eigenvalue weighted by atomic mass is 10.1. The van der Waals surface area contributed by atoms with Crippen molar-refractivity contribution in [3.05, 3.63) is 24.3 Å². The zero-order valence-electron chi connectivity index (χ0n) is 12.0. The highest BCUT2D eigenvalue weighted by atomic mass is 32.2. The van der Waals surface area contributed by atoms with Crippen LogP contribution in [0.25, 0.3) is 0 Å². The monoisotopic (exact) mass is 292 g/mol. The number of thioether (sulfide) groups is 1.